The second-order valence-corrected chi connectivity index (χ2v) is 4.24. The number of rotatable bonds is 1. The van der Waals surface area contributed by atoms with E-state index in [2.05, 4.69) is 15.2 Å². The fraction of sp³-hybridized carbons (Fsp3) is 0.545. The van der Waals surface area contributed by atoms with Gasteiger partial charge in [-0.2, -0.15) is 13.2 Å². The Balaban J connectivity index is 2.12. The minimum Gasteiger partial charge on any atom is -0.308 e. The fourth-order valence-corrected chi connectivity index (χ4v) is 1.90. The highest BCUT2D eigenvalue weighted by Gasteiger charge is 2.32. The zero-order chi connectivity index (χ0) is 12.5. The molecule has 1 fully saturated rings. The van der Waals surface area contributed by atoms with Crippen molar-refractivity contribution in [3.8, 4) is 0 Å². The first kappa shape index (κ1) is 12.3. The van der Waals surface area contributed by atoms with E-state index in [0.717, 1.165) is 31.3 Å². The molecule has 17 heavy (non-hydrogen) atoms. The summed E-state index contributed by atoms with van der Waals surface area (Å²) in [6.07, 6.45) is -3.06. The number of piperazine rings is 1. The molecule has 0 bridgehead atoms. The Bertz CT molecular complexity index is 375. The SMILES string of the molecule is CN1CCNC(c2ccc(C(F)(F)F)nc2)C1. The minimum atomic E-state index is -4.37. The molecular formula is C11H14F3N3. The summed E-state index contributed by atoms with van der Waals surface area (Å²) in [4.78, 5) is 5.60. The summed E-state index contributed by atoms with van der Waals surface area (Å²) in [5, 5.41) is 3.26. The van der Waals surface area contributed by atoms with E-state index in [-0.39, 0.29) is 6.04 Å². The van der Waals surface area contributed by atoms with Gasteiger partial charge < -0.3 is 10.2 Å². The number of aromatic nitrogens is 1. The molecule has 1 aromatic rings. The summed E-state index contributed by atoms with van der Waals surface area (Å²) in [5.41, 5.74) is -0.0463. The zero-order valence-corrected chi connectivity index (χ0v) is 9.46. The van der Waals surface area contributed by atoms with Gasteiger partial charge in [-0.3, -0.25) is 4.98 Å². The number of nitrogens with zero attached hydrogens (tertiary/aromatic N) is 2. The van der Waals surface area contributed by atoms with Crippen molar-refractivity contribution in [1.82, 2.24) is 15.2 Å². The maximum absolute atomic E-state index is 12.3. The van der Waals surface area contributed by atoms with E-state index in [1.165, 1.54) is 12.3 Å². The van der Waals surface area contributed by atoms with Crippen LogP contribution in [0.5, 0.6) is 0 Å². The van der Waals surface area contributed by atoms with Crippen LogP contribution in [0, 0.1) is 0 Å². The number of alkyl halides is 3. The Morgan fingerprint density at radius 2 is 2.18 bits per heavy atom. The quantitative estimate of drug-likeness (QED) is 0.816. The lowest BCUT2D eigenvalue weighted by Gasteiger charge is -2.31. The minimum absolute atomic E-state index is 0.0588. The molecule has 0 radical (unpaired) electrons. The van der Waals surface area contributed by atoms with Crippen molar-refractivity contribution in [3.05, 3.63) is 29.6 Å². The summed E-state index contributed by atoms with van der Waals surface area (Å²) in [7, 11) is 1.99. The standard InChI is InChI=1S/C11H14F3N3/c1-17-5-4-15-9(7-17)8-2-3-10(16-6-8)11(12,13)14/h2-3,6,9,15H,4-5,7H2,1H3. The molecule has 0 aromatic carbocycles. The maximum Gasteiger partial charge on any atom is 0.433 e. The van der Waals surface area contributed by atoms with Gasteiger partial charge in [0.25, 0.3) is 0 Å². The highest BCUT2D eigenvalue weighted by Crippen LogP contribution is 2.28. The van der Waals surface area contributed by atoms with Crippen molar-refractivity contribution in [3.63, 3.8) is 0 Å². The lowest BCUT2D eigenvalue weighted by Crippen LogP contribution is -2.43. The number of pyridine rings is 1. The van der Waals surface area contributed by atoms with Crippen molar-refractivity contribution < 1.29 is 13.2 Å². The molecule has 0 amide bonds. The van der Waals surface area contributed by atoms with Gasteiger partial charge in [-0.15, -0.1) is 0 Å². The van der Waals surface area contributed by atoms with E-state index in [0.29, 0.717) is 0 Å². The normalized spacial score (nSPS) is 22.7. The number of hydrogen-bond donors (Lipinski definition) is 1. The van der Waals surface area contributed by atoms with Crippen LogP contribution in [0.4, 0.5) is 13.2 Å². The van der Waals surface area contributed by atoms with Crippen LogP contribution in [-0.4, -0.2) is 36.6 Å². The molecular weight excluding hydrogens is 231 g/mol. The van der Waals surface area contributed by atoms with Crippen LogP contribution in [0.15, 0.2) is 18.3 Å². The van der Waals surface area contributed by atoms with Gasteiger partial charge in [-0.1, -0.05) is 6.07 Å². The first-order valence-electron chi connectivity index (χ1n) is 5.42. The van der Waals surface area contributed by atoms with Gasteiger partial charge in [0.1, 0.15) is 5.69 Å². The maximum atomic E-state index is 12.3. The average molecular weight is 245 g/mol. The van der Waals surface area contributed by atoms with Crippen LogP contribution in [0.25, 0.3) is 0 Å². The second-order valence-electron chi connectivity index (χ2n) is 4.24. The molecule has 2 heterocycles. The smallest absolute Gasteiger partial charge is 0.308 e. The van der Waals surface area contributed by atoms with Crippen molar-refractivity contribution in [2.24, 2.45) is 0 Å². The Hall–Kier alpha value is -1.14. The molecule has 2 rings (SSSR count). The third-order valence-corrected chi connectivity index (χ3v) is 2.86. The molecule has 1 aromatic heterocycles. The van der Waals surface area contributed by atoms with Gasteiger partial charge in [-0.25, -0.2) is 0 Å². The van der Waals surface area contributed by atoms with Gasteiger partial charge in [0.15, 0.2) is 0 Å². The van der Waals surface area contributed by atoms with Crippen molar-refractivity contribution >= 4 is 0 Å². The molecule has 0 saturated carbocycles. The van der Waals surface area contributed by atoms with Gasteiger partial charge in [0, 0.05) is 31.9 Å². The predicted octanol–water partition coefficient (Wildman–Crippen LogP) is 1.68. The van der Waals surface area contributed by atoms with E-state index in [9.17, 15) is 13.2 Å². The van der Waals surface area contributed by atoms with Crippen LogP contribution in [0.2, 0.25) is 0 Å². The Morgan fingerprint density at radius 1 is 1.41 bits per heavy atom. The van der Waals surface area contributed by atoms with Crippen molar-refractivity contribution in [2.45, 2.75) is 12.2 Å². The fourth-order valence-electron chi connectivity index (χ4n) is 1.90. The Kier molecular flexibility index (Phi) is 3.35. The van der Waals surface area contributed by atoms with E-state index in [1.807, 2.05) is 7.05 Å². The zero-order valence-electron chi connectivity index (χ0n) is 9.46. The molecule has 3 nitrogen and oxygen atoms in total. The van der Waals surface area contributed by atoms with E-state index in [1.54, 1.807) is 0 Å². The van der Waals surface area contributed by atoms with Gasteiger partial charge in [-0.05, 0) is 18.7 Å². The summed E-state index contributed by atoms with van der Waals surface area (Å²) in [5.74, 6) is 0. The lowest BCUT2D eigenvalue weighted by molar-refractivity contribution is -0.141. The summed E-state index contributed by atoms with van der Waals surface area (Å²) < 4.78 is 37.0. The molecule has 1 unspecified atom stereocenters. The topological polar surface area (TPSA) is 28.2 Å². The van der Waals surface area contributed by atoms with Crippen molar-refractivity contribution in [2.75, 3.05) is 26.7 Å². The largest absolute Gasteiger partial charge is 0.433 e. The Labute approximate surface area is 97.6 Å². The summed E-state index contributed by atoms with van der Waals surface area (Å²) >= 11 is 0. The molecule has 1 atom stereocenters. The van der Waals surface area contributed by atoms with Crippen LogP contribution in [0.1, 0.15) is 17.3 Å². The first-order chi connectivity index (χ1) is 7.97. The van der Waals surface area contributed by atoms with Crippen LogP contribution in [-0.2, 0) is 6.18 Å². The molecule has 0 spiro atoms. The summed E-state index contributed by atoms with van der Waals surface area (Å²) in [6.45, 7) is 2.57. The molecule has 1 aliphatic heterocycles. The molecule has 1 aliphatic rings. The van der Waals surface area contributed by atoms with Crippen LogP contribution < -0.4 is 5.32 Å². The molecule has 0 aliphatic carbocycles. The third kappa shape index (κ3) is 2.95. The molecule has 94 valence electrons. The number of hydrogen-bond acceptors (Lipinski definition) is 3. The number of likely N-dealkylation sites (N-methyl/N-ethyl adjacent to an activating group) is 1. The molecule has 1 N–H and O–H groups in total. The average Bonchev–Trinajstić information content (AvgIpc) is 2.28. The van der Waals surface area contributed by atoms with E-state index >= 15 is 0 Å². The van der Waals surface area contributed by atoms with E-state index < -0.39 is 11.9 Å². The predicted molar refractivity (Wildman–Crippen MR) is 57.5 cm³/mol. The first-order valence-corrected chi connectivity index (χ1v) is 5.42. The van der Waals surface area contributed by atoms with Crippen molar-refractivity contribution in [1.29, 1.82) is 0 Å². The summed E-state index contributed by atoms with van der Waals surface area (Å²) in [6, 6.07) is 2.58. The monoisotopic (exact) mass is 245 g/mol. The third-order valence-electron chi connectivity index (χ3n) is 2.86. The highest BCUT2D eigenvalue weighted by molar-refractivity contribution is 5.20. The lowest BCUT2D eigenvalue weighted by atomic mass is 10.1. The van der Waals surface area contributed by atoms with E-state index in [4.69, 9.17) is 0 Å². The van der Waals surface area contributed by atoms with Crippen LogP contribution >= 0.6 is 0 Å². The number of nitrogens with one attached hydrogen (secondary N) is 1. The van der Waals surface area contributed by atoms with Gasteiger partial charge in [0.2, 0.25) is 0 Å². The molecule has 1 saturated heterocycles. The molecule has 6 heteroatoms. The van der Waals surface area contributed by atoms with Crippen LogP contribution in [0.3, 0.4) is 0 Å². The highest BCUT2D eigenvalue weighted by atomic mass is 19.4. The Morgan fingerprint density at radius 3 is 2.71 bits per heavy atom. The second kappa shape index (κ2) is 4.62. The van der Waals surface area contributed by atoms with Gasteiger partial charge in [0.05, 0.1) is 0 Å². The number of halogens is 3. The van der Waals surface area contributed by atoms with Gasteiger partial charge >= 0.3 is 6.18 Å².